The molecule has 2 aliphatic heterocycles. The Bertz CT molecular complexity index is 1410. The molecular weight excluding hydrogens is 472 g/mol. The fourth-order valence-electron chi connectivity index (χ4n) is 4.73. The summed E-state index contributed by atoms with van der Waals surface area (Å²) in [5, 5.41) is 11.4. The van der Waals surface area contributed by atoms with Crippen LogP contribution in [0.15, 0.2) is 66.2 Å². The molecular formula is C29H28N2O6. The minimum absolute atomic E-state index is 0.0158. The maximum Gasteiger partial charge on any atom is 0.300 e. The van der Waals surface area contributed by atoms with Gasteiger partial charge >= 0.3 is 0 Å². The molecule has 1 amide bonds. The average molecular weight is 501 g/mol. The van der Waals surface area contributed by atoms with Crippen molar-refractivity contribution in [3.63, 3.8) is 0 Å². The van der Waals surface area contributed by atoms with Gasteiger partial charge < -0.3 is 24.2 Å². The smallest absolute Gasteiger partial charge is 0.300 e. The lowest BCUT2D eigenvalue weighted by Crippen LogP contribution is -2.29. The number of rotatable bonds is 5. The van der Waals surface area contributed by atoms with E-state index in [2.05, 4.69) is 0 Å². The zero-order valence-electron chi connectivity index (χ0n) is 21.1. The third-order valence-corrected chi connectivity index (χ3v) is 6.64. The molecule has 1 unspecified atom stereocenters. The van der Waals surface area contributed by atoms with Gasteiger partial charge in [0.15, 0.2) is 11.5 Å². The molecule has 0 radical (unpaired) electrons. The summed E-state index contributed by atoms with van der Waals surface area (Å²) >= 11 is 0. The van der Waals surface area contributed by atoms with Gasteiger partial charge in [0.1, 0.15) is 24.7 Å². The van der Waals surface area contributed by atoms with E-state index in [0.29, 0.717) is 47.3 Å². The first-order chi connectivity index (χ1) is 17.8. The minimum Gasteiger partial charge on any atom is -0.507 e. The topological polar surface area (TPSA) is 88.5 Å². The Morgan fingerprint density at radius 1 is 0.973 bits per heavy atom. The Morgan fingerprint density at radius 2 is 1.68 bits per heavy atom. The Labute approximate surface area is 215 Å². The molecule has 0 aliphatic carbocycles. The zero-order valence-corrected chi connectivity index (χ0v) is 21.1. The molecule has 0 spiro atoms. The van der Waals surface area contributed by atoms with Gasteiger partial charge in [-0.1, -0.05) is 12.1 Å². The number of Topliss-reactive ketones (excluding diaryl/α,β-unsaturated/α-hetero) is 1. The molecule has 1 saturated heterocycles. The van der Waals surface area contributed by atoms with Gasteiger partial charge in [0.25, 0.3) is 11.7 Å². The van der Waals surface area contributed by atoms with Crippen molar-refractivity contribution in [2.45, 2.75) is 13.0 Å². The number of carbonyl (C=O) groups is 2. The SMILES string of the molecule is COc1ccc(/C(O)=C2\C(=O)C(=O)N(c3ccc4c(c3)OCCO4)C2c2ccc(N(C)C)cc2)cc1C. The minimum atomic E-state index is -0.846. The third kappa shape index (κ3) is 4.24. The van der Waals surface area contributed by atoms with Gasteiger partial charge in [-0.05, 0) is 60.5 Å². The number of amides is 1. The lowest BCUT2D eigenvalue weighted by molar-refractivity contribution is -0.132. The van der Waals surface area contributed by atoms with E-state index in [9.17, 15) is 14.7 Å². The molecule has 1 fully saturated rings. The lowest BCUT2D eigenvalue weighted by atomic mass is 9.94. The van der Waals surface area contributed by atoms with Crippen LogP contribution >= 0.6 is 0 Å². The third-order valence-electron chi connectivity index (χ3n) is 6.64. The molecule has 1 N–H and O–H groups in total. The van der Waals surface area contributed by atoms with Crippen LogP contribution in [0.4, 0.5) is 11.4 Å². The summed E-state index contributed by atoms with van der Waals surface area (Å²) in [6, 6.07) is 17.0. The van der Waals surface area contributed by atoms with Crippen molar-refractivity contribution in [3.8, 4) is 17.2 Å². The van der Waals surface area contributed by atoms with Gasteiger partial charge in [-0.3, -0.25) is 14.5 Å². The maximum absolute atomic E-state index is 13.5. The van der Waals surface area contributed by atoms with Gasteiger partial charge in [0.2, 0.25) is 0 Å². The fraction of sp³-hybridized carbons (Fsp3) is 0.241. The van der Waals surface area contributed by atoms with Crippen molar-refractivity contribution in [2.24, 2.45) is 0 Å². The largest absolute Gasteiger partial charge is 0.507 e. The van der Waals surface area contributed by atoms with Crippen molar-refractivity contribution in [3.05, 3.63) is 82.9 Å². The Morgan fingerprint density at radius 3 is 2.32 bits per heavy atom. The van der Waals surface area contributed by atoms with Crippen LogP contribution < -0.4 is 24.0 Å². The lowest BCUT2D eigenvalue weighted by Gasteiger charge is -2.27. The van der Waals surface area contributed by atoms with Crippen LogP contribution in [0, 0.1) is 6.92 Å². The fourth-order valence-corrected chi connectivity index (χ4v) is 4.73. The number of fused-ring (bicyclic) bond motifs is 1. The van der Waals surface area contributed by atoms with E-state index >= 15 is 0 Å². The van der Waals surface area contributed by atoms with Crippen LogP contribution in [0.2, 0.25) is 0 Å². The van der Waals surface area contributed by atoms with Crippen LogP contribution in [0.1, 0.15) is 22.7 Å². The van der Waals surface area contributed by atoms with Crippen molar-refractivity contribution >= 4 is 28.8 Å². The predicted molar refractivity (Wildman–Crippen MR) is 141 cm³/mol. The number of anilines is 2. The van der Waals surface area contributed by atoms with Gasteiger partial charge in [-0.25, -0.2) is 0 Å². The van der Waals surface area contributed by atoms with E-state index < -0.39 is 17.7 Å². The van der Waals surface area contributed by atoms with Crippen LogP contribution in [-0.4, -0.2) is 51.2 Å². The molecule has 3 aromatic carbocycles. The van der Waals surface area contributed by atoms with Gasteiger partial charge in [0.05, 0.1) is 18.7 Å². The maximum atomic E-state index is 13.5. The molecule has 2 aliphatic rings. The van der Waals surface area contributed by atoms with E-state index in [0.717, 1.165) is 11.3 Å². The first-order valence-electron chi connectivity index (χ1n) is 11.9. The number of hydrogen-bond donors (Lipinski definition) is 1. The Balaban J connectivity index is 1.68. The molecule has 0 bridgehead atoms. The van der Waals surface area contributed by atoms with Crippen LogP contribution in [0.3, 0.4) is 0 Å². The monoisotopic (exact) mass is 500 g/mol. The highest BCUT2D eigenvalue weighted by atomic mass is 16.6. The summed E-state index contributed by atoms with van der Waals surface area (Å²) in [6.45, 7) is 2.68. The van der Waals surface area contributed by atoms with Crippen LogP contribution in [-0.2, 0) is 9.59 Å². The standard InChI is InChI=1S/C29H28N2O6/c1-17-15-19(7-11-22(17)35-4)27(32)25-26(18-5-8-20(9-6-18)30(2)3)31(29(34)28(25)33)21-10-12-23-24(16-21)37-14-13-36-23/h5-12,15-16,26,32H,13-14H2,1-4H3/b27-25+. The highest BCUT2D eigenvalue weighted by molar-refractivity contribution is 6.51. The van der Waals surface area contributed by atoms with Gasteiger partial charge in [-0.2, -0.15) is 0 Å². The summed E-state index contributed by atoms with van der Waals surface area (Å²) in [6.07, 6.45) is 0. The van der Waals surface area contributed by atoms with Crippen LogP contribution in [0.25, 0.3) is 5.76 Å². The van der Waals surface area contributed by atoms with Crippen molar-refractivity contribution in [1.29, 1.82) is 0 Å². The van der Waals surface area contributed by atoms with E-state index in [1.807, 2.05) is 50.2 Å². The molecule has 37 heavy (non-hydrogen) atoms. The van der Waals surface area contributed by atoms with E-state index in [1.165, 1.54) is 4.90 Å². The summed E-state index contributed by atoms with van der Waals surface area (Å²) in [5.41, 5.74) is 3.35. The second-order valence-corrected chi connectivity index (χ2v) is 9.17. The molecule has 0 aromatic heterocycles. The molecule has 2 heterocycles. The molecule has 0 saturated carbocycles. The van der Waals surface area contributed by atoms with Gasteiger partial charge in [-0.15, -0.1) is 0 Å². The first-order valence-corrected chi connectivity index (χ1v) is 11.9. The average Bonchev–Trinajstić information content (AvgIpc) is 3.18. The second kappa shape index (κ2) is 9.54. The van der Waals surface area contributed by atoms with E-state index in [4.69, 9.17) is 14.2 Å². The number of benzene rings is 3. The molecule has 3 aromatic rings. The number of ether oxygens (including phenoxy) is 3. The zero-order chi connectivity index (χ0) is 26.3. The molecule has 8 heteroatoms. The van der Waals surface area contributed by atoms with Crippen LogP contribution in [0.5, 0.6) is 17.2 Å². The molecule has 1 atom stereocenters. The van der Waals surface area contributed by atoms with Crippen molar-refractivity contribution in [1.82, 2.24) is 0 Å². The summed E-state index contributed by atoms with van der Waals surface area (Å²) in [5.74, 6) is -0.00653. The highest BCUT2D eigenvalue weighted by Gasteiger charge is 2.47. The van der Waals surface area contributed by atoms with Crippen molar-refractivity contribution < 1.29 is 28.9 Å². The number of nitrogens with zero attached hydrogens (tertiary/aromatic N) is 2. The molecule has 5 rings (SSSR count). The number of ketones is 1. The molecule has 8 nitrogen and oxygen atoms in total. The number of aryl methyl sites for hydroxylation is 1. The highest BCUT2D eigenvalue weighted by Crippen LogP contribution is 2.45. The van der Waals surface area contributed by atoms with Crippen molar-refractivity contribution in [2.75, 3.05) is 44.2 Å². The van der Waals surface area contributed by atoms with E-state index in [-0.39, 0.29) is 11.3 Å². The normalized spacial score (nSPS) is 18.2. The Kier molecular flexibility index (Phi) is 6.25. The van der Waals surface area contributed by atoms with E-state index in [1.54, 1.807) is 43.5 Å². The Hall–Kier alpha value is -4.46. The quantitative estimate of drug-likeness (QED) is 0.314. The van der Waals surface area contributed by atoms with Gasteiger partial charge in [0, 0.05) is 37.1 Å². The second-order valence-electron chi connectivity index (χ2n) is 9.17. The number of hydrogen-bond acceptors (Lipinski definition) is 7. The summed E-state index contributed by atoms with van der Waals surface area (Å²) < 4.78 is 16.7. The number of carbonyl (C=O) groups excluding carboxylic acids is 2. The molecule has 190 valence electrons. The first kappa shape index (κ1) is 24.2. The predicted octanol–water partition coefficient (Wildman–Crippen LogP) is 4.47. The number of methoxy groups -OCH3 is 1. The summed E-state index contributed by atoms with van der Waals surface area (Å²) in [7, 11) is 5.43. The summed E-state index contributed by atoms with van der Waals surface area (Å²) in [4.78, 5) is 30.3. The number of aliphatic hydroxyl groups excluding tert-OH is 1. The number of aliphatic hydroxyl groups is 1.